The molecule has 33 heavy (non-hydrogen) atoms. The zero-order chi connectivity index (χ0) is 22.8. The second-order valence-electron chi connectivity index (χ2n) is 8.64. The molecular formula is C25H28N6OS. The first-order chi connectivity index (χ1) is 16.1. The number of nitrogens with one attached hydrogen (secondary N) is 2. The van der Waals surface area contributed by atoms with E-state index in [2.05, 4.69) is 33.5 Å². The number of anilines is 2. The molecule has 0 atom stereocenters. The smallest absolute Gasteiger partial charge is 0.274 e. The maximum Gasteiger partial charge on any atom is 0.274 e. The summed E-state index contributed by atoms with van der Waals surface area (Å²) in [7, 11) is 0. The molecule has 0 radical (unpaired) electrons. The lowest BCUT2D eigenvalue weighted by atomic mass is 9.92. The summed E-state index contributed by atoms with van der Waals surface area (Å²) >= 11 is 1.68. The van der Waals surface area contributed by atoms with Gasteiger partial charge in [-0.15, -0.1) is 11.3 Å². The molecule has 1 saturated heterocycles. The molecule has 0 aliphatic carbocycles. The Morgan fingerprint density at radius 3 is 2.91 bits per heavy atom. The third-order valence-electron chi connectivity index (χ3n) is 6.18. The number of nitrogens with zero attached hydrogens (tertiary/aromatic N) is 4. The van der Waals surface area contributed by atoms with E-state index in [1.54, 1.807) is 11.3 Å². The van der Waals surface area contributed by atoms with Gasteiger partial charge in [0.15, 0.2) is 10.8 Å². The van der Waals surface area contributed by atoms with Gasteiger partial charge in [-0.3, -0.25) is 9.89 Å². The van der Waals surface area contributed by atoms with Crippen molar-refractivity contribution in [1.82, 2.24) is 25.1 Å². The van der Waals surface area contributed by atoms with E-state index < -0.39 is 0 Å². The molecule has 1 aliphatic heterocycles. The first-order valence-electron chi connectivity index (χ1n) is 11.5. The molecule has 1 fully saturated rings. The van der Waals surface area contributed by atoms with Gasteiger partial charge in [-0.2, -0.15) is 5.10 Å². The summed E-state index contributed by atoms with van der Waals surface area (Å²) in [6.07, 6.45) is 5.89. The second-order valence-corrected chi connectivity index (χ2v) is 9.76. The number of H-pyrrole nitrogens is 1. The number of hydrogen-bond acceptors (Lipinski definition) is 6. The predicted molar refractivity (Wildman–Crippen MR) is 132 cm³/mol. The molecule has 3 aromatic heterocycles. The number of hydrogen-bond donors (Lipinski definition) is 2. The minimum absolute atomic E-state index is 0.000305. The quantitative estimate of drug-likeness (QED) is 0.400. The van der Waals surface area contributed by atoms with Crippen LogP contribution in [0.4, 0.5) is 10.9 Å². The number of rotatable bonds is 6. The molecule has 7 nitrogen and oxygen atoms in total. The van der Waals surface area contributed by atoms with Gasteiger partial charge in [-0.1, -0.05) is 31.0 Å². The van der Waals surface area contributed by atoms with E-state index in [1.807, 2.05) is 48.4 Å². The highest BCUT2D eigenvalue weighted by molar-refractivity contribution is 7.15. The SMILES string of the molecule is CCCc1cnc(Nc2cccc(C3CCN(C(=O)c4n[nH]c5ccc(C)cc45)CC3)n2)s1. The van der Waals surface area contributed by atoms with Crippen molar-refractivity contribution >= 4 is 39.1 Å². The molecular weight excluding hydrogens is 432 g/mol. The van der Waals surface area contributed by atoms with Crippen LogP contribution in [-0.2, 0) is 6.42 Å². The normalized spacial score (nSPS) is 14.7. The molecule has 1 aliphatic rings. The summed E-state index contributed by atoms with van der Waals surface area (Å²) in [4.78, 5) is 25.7. The van der Waals surface area contributed by atoms with E-state index in [-0.39, 0.29) is 5.91 Å². The third kappa shape index (κ3) is 4.61. The Hall–Kier alpha value is -3.26. The van der Waals surface area contributed by atoms with Crippen LogP contribution in [0.15, 0.2) is 42.6 Å². The highest BCUT2D eigenvalue weighted by atomic mass is 32.1. The Kier molecular flexibility index (Phi) is 6.09. The van der Waals surface area contributed by atoms with Crippen LogP contribution in [0.25, 0.3) is 10.9 Å². The fourth-order valence-corrected chi connectivity index (χ4v) is 5.33. The largest absolute Gasteiger partial charge is 0.337 e. The Labute approximate surface area is 197 Å². The molecule has 2 N–H and O–H groups in total. The van der Waals surface area contributed by atoms with Gasteiger partial charge in [0.1, 0.15) is 5.82 Å². The number of aromatic amines is 1. The molecule has 1 amide bonds. The first kappa shape index (κ1) is 21.6. The molecule has 0 bridgehead atoms. The number of likely N-dealkylation sites (tertiary alicyclic amines) is 1. The molecule has 4 aromatic rings. The number of piperidine rings is 1. The summed E-state index contributed by atoms with van der Waals surface area (Å²) in [6, 6.07) is 12.1. The highest BCUT2D eigenvalue weighted by Gasteiger charge is 2.27. The van der Waals surface area contributed by atoms with Gasteiger partial charge in [-0.25, -0.2) is 9.97 Å². The van der Waals surface area contributed by atoms with Gasteiger partial charge in [-0.05, 0) is 50.5 Å². The summed E-state index contributed by atoms with van der Waals surface area (Å²) in [5.74, 6) is 1.16. The van der Waals surface area contributed by atoms with Crippen LogP contribution in [-0.4, -0.2) is 44.1 Å². The van der Waals surface area contributed by atoms with Crippen LogP contribution in [0.1, 0.15) is 58.7 Å². The van der Waals surface area contributed by atoms with Crippen molar-refractivity contribution in [3.63, 3.8) is 0 Å². The van der Waals surface area contributed by atoms with E-state index in [9.17, 15) is 4.79 Å². The van der Waals surface area contributed by atoms with Gasteiger partial charge in [0.25, 0.3) is 5.91 Å². The summed E-state index contributed by atoms with van der Waals surface area (Å²) in [6.45, 7) is 5.61. The number of fused-ring (bicyclic) bond motifs is 1. The van der Waals surface area contributed by atoms with Crippen molar-refractivity contribution in [2.24, 2.45) is 0 Å². The van der Waals surface area contributed by atoms with Gasteiger partial charge >= 0.3 is 0 Å². The van der Waals surface area contributed by atoms with Gasteiger partial charge in [0.2, 0.25) is 0 Å². The second kappa shape index (κ2) is 9.31. The van der Waals surface area contributed by atoms with Crippen LogP contribution in [0, 0.1) is 6.92 Å². The van der Waals surface area contributed by atoms with Crippen LogP contribution < -0.4 is 5.32 Å². The maximum absolute atomic E-state index is 13.1. The van der Waals surface area contributed by atoms with Crippen LogP contribution in [0.3, 0.4) is 0 Å². The fraction of sp³-hybridized carbons (Fsp3) is 0.360. The van der Waals surface area contributed by atoms with Crippen LogP contribution in [0.2, 0.25) is 0 Å². The van der Waals surface area contributed by atoms with E-state index in [1.165, 1.54) is 4.88 Å². The molecule has 1 aromatic carbocycles. The molecule has 170 valence electrons. The lowest BCUT2D eigenvalue weighted by Crippen LogP contribution is -2.38. The number of aromatic nitrogens is 4. The first-order valence-corrected chi connectivity index (χ1v) is 12.3. The zero-order valence-electron chi connectivity index (χ0n) is 19.0. The highest BCUT2D eigenvalue weighted by Crippen LogP contribution is 2.30. The molecule has 4 heterocycles. The minimum atomic E-state index is 0.000305. The van der Waals surface area contributed by atoms with E-state index >= 15 is 0 Å². The summed E-state index contributed by atoms with van der Waals surface area (Å²) in [5.41, 5.74) is 3.60. The lowest BCUT2D eigenvalue weighted by Gasteiger charge is -2.31. The molecule has 8 heteroatoms. The number of aryl methyl sites for hydroxylation is 2. The molecule has 0 saturated carbocycles. The van der Waals surface area contributed by atoms with Crippen molar-refractivity contribution < 1.29 is 4.79 Å². The predicted octanol–water partition coefficient (Wildman–Crippen LogP) is 5.44. The number of carbonyl (C=O) groups excluding carboxylic acids is 1. The fourth-order valence-electron chi connectivity index (χ4n) is 4.40. The Balaban J connectivity index is 1.24. The van der Waals surface area contributed by atoms with Gasteiger partial charge < -0.3 is 10.2 Å². The summed E-state index contributed by atoms with van der Waals surface area (Å²) in [5, 5.41) is 12.4. The maximum atomic E-state index is 13.1. The number of benzene rings is 1. The van der Waals surface area contributed by atoms with Crippen molar-refractivity contribution in [1.29, 1.82) is 0 Å². The third-order valence-corrected chi connectivity index (χ3v) is 7.15. The lowest BCUT2D eigenvalue weighted by molar-refractivity contribution is 0.0708. The van der Waals surface area contributed by atoms with Crippen molar-refractivity contribution in [3.05, 3.63) is 64.4 Å². The van der Waals surface area contributed by atoms with Crippen LogP contribution in [0.5, 0.6) is 0 Å². The van der Waals surface area contributed by atoms with Gasteiger partial charge in [0, 0.05) is 41.2 Å². The van der Waals surface area contributed by atoms with E-state index in [4.69, 9.17) is 4.98 Å². The Bertz CT molecular complexity index is 1270. The molecule has 0 spiro atoms. The Morgan fingerprint density at radius 2 is 2.09 bits per heavy atom. The topological polar surface area (TPSA) is 86.8 Å². The minimum Gasteiger partial charge on any atom is -0.337 e. The van der Waals surface area contributed by atoms with Crippen molar-refractivity contribution in [3.8, 4) is 0 Å². The number of carbonyl (C=O) groups is 1. The standard InChI is InChI=1S/C25H28N6OS/c1-3-5-18-15-26-25(33-18)28-22-7-4-6-20(27-22)17-10-12-31(13-11-17)24(32)23-19-14-16(2)8-9-21(19)29-30-23/h4,6-9,14-15,17H,3,5,10-13H2,1-2H3,(H,29,30)(H,26,27,28). The Morgan fingerprint density at radius 1 is 1.24 bits per heavy atom. The number of amides is 1. The molecule has 0 unspecified atom stereocenters. The molecule has 5 rings (SSSR count). The monoisotopic (exact) mass is 460 g/mol. The van der Waals surface area contributed by atoms with Crippen LogP contribution >= 0.6 is 11.3 Å². The number of thiazole rings is 1. The summed E-state index contributed by atoms with van der Waals surface area (Å²) < 4.78 is 0. The number of pyridine rings is 1. The average molecular weight is 461 g/mol. The van der Waals surface area contributed by atoms with Crippen molar-refractivity contribution in [2.75, 3.05) is 18.4 Å². The van der Waals surface area contributed by atoms with E-state index in [0.29, 0.717) is 24.7 Å². The van der Waals surface area contributed by atoms with Crippen molar-refractivity contribution in [2.45, 2.75) is 45.4 Å². The average Bonchev–Trinajstić information content (AvgIpc) is 3.45. The van der Waals surface area contributed by atoms with E-state index in [0.717, 1.165) is 58.8 Å². The zero-order valence-corrected chi connectivity index (χ0v) is 19.8. The van der Waals surface area contributed by atoms with Gasteiger partial charge in [0.05, 0.1) is 5.52 Å².